The molecule has 1 aliphatic heterocycles. The SMILES string of the molecule is CC(C)(C)c1nccc(C2CCCNC2)n1. The molecule has 3 heteroatoms. The Morgan fingerprint density at radius 2 is 2.19 bits per heavy atom. The van der Waals surface area contributed by atoms with Gasteiger partial charge in [0.1, 0.15) is 5.82 Å². The van der Waals surface area contributed by atoms with Crippen molar-refractivity contribution in [3.05, 3.63) is 23.8 Å². The van der Waals surface area contributed by atoms with E-state index in [9.17, 15) is 0 Å². The zero-order valence-electron chi connectivity index (χ0n) is 10.5. The van der Waals surface area contributed by atoms with Gasteiger partial charge in [0.15, 0.2) is 0 Å². The molecule has 88 valence electrons. The lowest BCUT2D eigenvalue weighted by atomic mass is 9.93. The van der Waals surface area contributed by atoms with Gasteiger partial charge in [0, 0.05) is 29.8 Å². The van der Waals surface area contributed by atoms with Gasteiger partial charge < -0.3 is 5.32 Å². The third-order valence-electron chi connectivity index (χ3n) is 3.06. The number of piperidine rings is 1. The molecule has 2 heterocycles. The van der Waals surface area contributed by atoms with Crippen LogP contribution in [0.5, 0.6) is 0 Å². The maximum Gasteiger partial charge on any atom is 0.133 e. The molecule has 3 nitrogen and oxygen atoms in total. The van der Waals surface area contributed by atoms with E-state index in [0.717, 1.165) is 18.9 Å². The molecule has 16 heavy (non-hydrogen) atoms. The highest BCUT2D eigenvalue weighted by Gasteiger charge is 2.21. The zero-order chi connectivity index (χ0) is 11.6. The second-order valence-electron chi connectivity index (χ2n) is 5.60. The third kappa shape index (κ3) is 2.59. The average molecular weight is 219 g/mol. The zero-order valence-corrected chi connectivity index (χ0v) is 10.5. The van der Waals surface area contributed by atoms with Crippen LogP contribution in [0.3, 0.4) is 0 Å². The minimum Gasteiger partial charge on any atom is -0.316 e. The van der Waals surface area contributed by atoms with Gasteiger partial charge >= 0.3 is 0 Å². The summed E-state index contributed by atoms with van der Waals surface area (Å²) in [6, 6.07) is 2.06. The fourth-order valence-electron chi connectivity index (χ4n) is 2.07. The Balaban J connectivity index is 2.21. The number of hydrogen-bond acceptors (Lipinski definition) is 3. The van der Waals surface area contributed by atoms with Crippen LogP contribution >= 0.6 is 0 Å². The molecule has 0 aromatic carbocycles. The van der Waals surface area contributed by atoms with E-state index in [4.69, 9.17) is 4.98 Å². The van der Waals surface area contributed by atoms with Crippen LogP contribution in [0, 0.1) is 0 Å². The Morgan fingerprint density at radius 3 is 2.81 bits per heavy atom. The minimum absolute atomic E-state index is 0.0398. The van der Waals surface area contributed by atoms with Crippen LogP contribution in [0.4, 0.5) is 0 Å². The summed E-state index contributed by atoms with van der Waals surface area (Å²) in [5.74, 6) is 1.52. The van der Waals surface area contributed by atoms with E-state index in [1.165, 1.54) is 18.5 Å². The molecule has 1 atom stereocenters. The van der Waals surface area contributed by atoms with Crippen molar-refractivity contribution in [2.24, 2.45) is 0 Å². The Kier molecular flexibility index (Phi) is 3.24. The number of aromatic nitrogens is 2. The molecule has 1 aromatic heterocycles. The summed E-state index contributed by atoms with van der Waals surface area (Å²) in [6.45, 7) is 8.68. The lowest BCUT2D eigenvalue weighted by Gasteiger charge is -2.24. The Bertz CT molecular complexity index is 348. The summed E-state index contributed by atoms with van der Waals surface area (Å²) in [4.78, 5) is 9.09. The maximum absolute atomic E-state index is 4.72. The fraction of sp³-hybridized carbons (Fsp3) is 0.692. The smallest absolute Gasteiger partial charge is 0.133 e. The van der Waals surface area contributed by atoms with Crippen molar-refractivity contribution in [1.29, 1.82) is 0 Å². The van der Waals surface area contributed by atoms with Crippen molar-refractivity contribution in [3.8, 4) is 0 Å². The lowest BCUT2D eigenvalue weighted by Crippen LogP contribution is -2.29. The van der Waals surface area contributed by atoms with Crippen LogP contribution in [-0.4, -0.2) is 23.1 Å². The van der Waals surface area contributed by atoms with E-state index in [1.807, 2.05) is 6.20 Å². The molecule has 1 N–H and O–H groups in total. The van der Waals surface area contributed by atoms with Gasteiger partial charge in [-0.05, 0) is 25.5 Å². The average Bonchev–Trinajstić information content (AvgIpc) is 2.29. The number of nitrogens with zero attached hydrogens (tertiary/aromatic N) is 2. The van der Waals surface area contributed by atoms with E-state index in [-0.39, 0.29) is 5.41 Å². The number of rotatable bonds is 1. The number of nitrogens with one attached hydrogen (secondary N) is 1. The van der Waals surface area contributed by atoms with Crippen LogP contribution in [0.1, 0.15) is 51.0 Å². The third-order valence-corrected chi connectivity index (χ3v) is 3.06. The summed E-state index contributed by atoms with van der Waals surface area (Å²) >= 11 is 0. The largest absolute Gasteiger partial charge is 0.316 e. The molecular weight excluding hydrogens is 198 g/mol. The van der Waals surface area contributed by atoms with Gasteiger partial charge in [-0.25, -0.2) is 9.97 Å². The van der Waals surface area contributed by atoms with Gasteiger partial charge in [-0.2, -0.15) is 0 Å². The van der Waals surface area contributed by atoms with Gasteiger partial charge in [-0.3, -0.25) is 0 Å². The molecule has 1 unspecified atom stereocenters. The van der Waals surface area contributed by atoms with Gasteiger partial charge in [-0.1, -0.05) is 20.8 Å². The van der Waals surface area contributed by atoms with Crippen molar-refractivity contribution in [3.63, 3.8) is 0 Å². The first-order valence-corrected chi connectivity index (χ1v) is 6.11. The first-order chi connectivity index (χ1) is 7.57. The normalized spacial score (nSPS) is 22.1. The van der Waals surface area contributed by atoms with Gasteiger partial charge in [0.05, 0.1) is 0 Å². The van der Waals surface area contributed by atoms with Crippen molar-refractivity contribution in [2.75, 3.05) is 13.1 Å². The topological polar surface area (TPSA) is 37.8 Å². The molecule has 0 bridgehead atoms. The summed E-state index contributed by atoms with van der Waals surface area (Å²) in [7, 11) is 0. The van der Waals surface area contributed by atoms with E-state index >= 15 is 0 Å². The molecule has 2 rings (SSSR count). The van der Waals surface area contributed by atoms with Crippen LogP contribution < -0.4 is 5.32 Å². The highest BCUT2D eigenvalue weighted by molar-refractivity contribution is 5.13. The van der Waals surface area contributed by atoms with E-state index < -0.39 is 0 Å². The quantitative estimate of drug-likeness (QED) is 0.787. The highest BCUT2D eigenvalue weighted by atomic mass is 14.9. The monoisotopic (exact) mass is 219 g/mol. The number of hydrogen-bond donors (Lipinski definition) is 1. The first kappa shape index (κ1) is 11.5. The minimum atomic E-state index is 0.0398. The summed E-state index contributed by atoms with van der Waals surface area (Å²) in [5.41, 5.74) is 1.24. The summed E-state index contributed by atoms with van der Waals surface area (Å²) < 4.78 is 0. The van der Waals surface area contributed by atoms with Crippen molar-refractivity contribution < 1.29 is 0 Å². The standard InChI is InChI=1S/C13H21N3/c1-13(2,3)12-15-8-6-11(16-12)10-5-4-7-14-9-10/h6,8,10,14H,4-5,7,9H2,1-3H3. The van der Waals surface area contributed by atoms with Crippen LogP contribution in [0.2, 0.25) is 0 Å². The van der Waals surface area contributed by atoms with Gasteiger partial charge in [0.25, 0.3) is 0 Å². The predicted molar refractivity (Wildman–Crippen MR) is 65.6 cm³/mol. The van der Waals surface area contributed by atoms with Gasteiger partial charge in [-0.15, -0.1) is 0 Å². The Labute approximate surface area is 97.7 Å². The van der Waals surface area contributed by atoms with Crippen molar-refractivity contribution in [2.45, 2.75) is 44.9 Å². The molecule has 0 aliphatic carbocycles. The molecule has 0 radical (unpaired) electrons. The van der Waals surface area contributed by atoms with Crippen molar-refractivity contribution >= 4 is 0 Å². The van der Waals surface area contributed by atoms with Crippen LogP contribution in [0.15, 0.2) is 12.3 Å². The van der Waals surface area contributed by atoms with E-state index in [0.29, 0.717) is 5.92 Å². The van der Waals surface area contributed by atoms with Gasteiger partial charge in [0.2, 0.25) is 0 Å². The second kappa shape index (κ2) is 4.50. The molecule has 0 amide bonds. The molecule has 0 spiro atoms. The van der Waals surface area contributed by atoms with Crippen LogP contribution in [0.25, 0.3) is 0 Å². The van der Waals surface area contributed by atoms with E-state index in [2.05, 4.69) is 37.1 Å². The highest BCUT2D eigenvalue weighted by Crippen LogP contribution is 2.24. The van der Waals surface area contributed by atoms with Crippen molar-refractivity contribution in [1.82, 2.24) is 15.3 Å². The second-order valence-corrected chi connectivity index (χ2v) is 5.60. The summed E-state index contributed by atoms with van der Waals surface area (Å²) in [6.07, 6.45) is 4.39. The molecular formula is C13H21N3. The lowest BCUT2D eigenvalue weighted by molar-refractivity contribution is 0.448. The molecule has 1 aromatic rings. The predicted octanol–water partition coefficient (Wildman–Crippen LogP) is 2.24. The van der Waals surface area contributed by atoms with E-state index in [1.54, 1.807) is 0 Å². The maximum atomic E-state index is 4.72. The molecule has 1 saturated heterocycles. The fourth-order valence-corrected chi connectivity index (χ4v) is 2.07. The molecule has 0 saturated carbocycles. The molecule has 1 fully saturated rings. The first-order valence-electron chi connectivity index (χ1n) is 6.11. The van der Waals surface area contributed by atoms with Crippen LogP contribution in [-0.2, 0) is 5.41 Å². The summed E-state index contributed by atoms with van der Waals surface area (Å²) in [5, 5.41) is 3.43. The Morgan fingerprint density at radius 1 is 1.38 bits per heavy atom. The molecule has 1 aliphatic rings. The Hall–Kier alpha value is -0.960.